The first-order valence-electron chi connectivity index (χ1n) is 9.63. The van der Waals surface area contributed by atoms with E-state index in [0.717, 1.165) is 19.5 Å². The molecule has 0 atom stereocenters. The van der Waals surface area contributed by atoms with E-state index in [1.165, 1.54) is 10.9 Å². The highest BCUT2D eigenvalue weighted by atomic mass is 32.2. The molecular weight excluding hydrogens is 386 g/mol. The molecule has 0 spiro atoms. The molecule has 0 radical (unpaired) electrons. The van der Waals surface area contributed by atoms with Gasteiger partial charge in [-0.2, -0.15) is 0 Å². The number of nitrogens with one attached hydrogen (secondary N) is 3. The number of nitrogens with zero attached hydrogens (tertiary/aromatic N) is 2. The zero-order valence-electron chi connectivity index (χ0n) is 16.5. The molecule has 3 aromatic rings. The predicted octanol–water partition coefficient (Wildman–Crippen LogP) is 2.17. The maximum Gasteiger partial charge on any atom is 0.240 e. The Morgan fingerprint density at radius 2 is 1.66 bits per heavy atom. The van der Waals surface area contributed by atoms with Crippen LogP contribution >= 0.6 is 0 Å². The third-order valence-electron chi connectivity index (χ3n) is 4.54. The molecule has 7 nitrogen and oxygen atoms in total. The predicted molar refractivity (Wildman–Crippen MR) is 118 cm³/mol. The van der Waals surface area contributed by atoms with Crippen molar-refractivity contribution in [1.29, 1.82) is 0 Å². The van der Waals surface area contributed by atoms with Crippen molar-refractivity contribution in [2.75, 3.05) is 26.7 Å². The van der Waals surface area contributed by atoms with E-state index in [0.29, 0.717) is 12.5 Å². The Labute approximate surface area is 171 Å². The van der Waals surface area contributed by atoms with Crippen LogP contribution in [0.25, 0.3) is 10.9 Å². The van der Waals surface area contributed by atoms with Gasteiger partial charge in [0.25, 0.3) is 0 Å². The lowest BCUT2D eigenvalue weighted by atomic mass is 10.2. The van der Waals surface area contributed by atoms with Crippen molar-refractivity contribution >= 4 is 26.9 Å². The first-order valence-corrected chi connectivity index (χ1v) is 11.1. The Kier molecular flexibility index (Phi) is 7.26. The van der Waals surface area contributed by atoms with Gasteiger partial charge in [-0.1, -0.05) is 36.4 Å². The molecule has 29 heavy (non-hydrogen) atoms. The van der Waals surface area contributed by atoms with Gasteiger partial charge >= 0.3 is 0 Å². The number of aryl methyl sites for hydroxylation is 1. The lowest BCUT2D eigenvalue weighted by molar-refractivity contribution is 0.580. The standard InChI is InChI=1S/C21H27N5O2S/c1-22-21(24-14-15-25-29(27,28)19-9-3-2-4-10-19)23-13-7-16-26-17-12-18-8-5-6-11-20(18)26/h2-6,8-12,17,25H,7,13-16H2,1H3,(H2,22,23,24). The van der Waals surface area contributed by atoms with Crippen molar-refractivity contribution in [3.8, 4) is 0 Å². The molecule has 0 amide bonds. The number of guanidine groups is 1. The molecule has 8 heteroatoms. The van der Waals surface area contributed by atoms with Crippen molar-refractivity contribution in [1.82, 2.24) is 19.9 Å². The molecule has 1 heterocycles. The second kappa shape index (κ2) is 10.1. The Morgan fingerprint density at radius 1 is 0.931 bits per heavy atom. The van der Waals surface area contributed by atoms with Crippen molar-refractivity contribution in [3.05, 3.63) is 66.9 Å². The van der Waals surface area contributed by atoms with Crippen LogP contribution in [-0.4, -0.2) is 45.6 Å². The summed E-state index contributed by atoms with van der Waals surface area (Å²) in [6.45, 7) is 2.39. The van der Waals surface area contributed by atoms with Crippen molar-refractivity contribution in [2.24, 2.45) is 4.99 Å². The lowest BCUT2D eigenvalue weighted by Gasteiger charge is -2.13. The number of benzene rings is 2. The molecule has 0 aliphatic heterocycles. The largest absolute Gasteiger partial charge is 0.356 e. The summed E-state index contributed by atoms with van der Waals surface area (Å²) in [5.41, 5.74) is 1.24. The summed E-state index contributed by atoms with van der Waals surface area (Å²) in [6.07, 6.45) is 3.05. The summed E-state index contributed by atoms with van der Waals surface area (Å²) in [6, 6.07) is 18.8. The van der Waals surface area contributed by atoms with E-state index >= 15 is 0 Å². The van der Waals surface area contributed by atoms with Gasteiger partial charge in [-0.3, -0.25) is 4.99 Å². The van der Waals surface area contributed by atoms with Crippen LogP contribution in [0.4, 0.5) is 0 Å². The van der Waals surface area contributed by atoms with Crippen LogP contribution in [-0.2, 0) is 16.6 Å². The minimum Gasteiger partial charge on any atom is -0.356 e. The number of para-hydroxylation sites is 1. The van der Waals surface area contributed by atoms with Gasteiger partial charge in [-0.05, 0) is 36.1 Å². The van der Waals surface area contributed by atoms with Gasteiger partial charge in [0.1, 0.15) is 0 Å². The van der Waals surface area contributed by atoms with E-state index in [1.54, 1.807) is 37.4 Å². The molecule has 0 unspecified atom stereocenters. The van der Waals surface area contributed by atoms with Gasteiger partial charge in [0.2, 0.25) is 10.0 Å². The van der Waals surface area contributed by atoms with Crippen LogP contribution in [0.15, 0.2) is 76.7 Å². The number of sulfonamides is 1. The maximum absolute atomic E-state index is 12.2. The van der Waals surface area contributed by atoms with Gasteiger partial charge in [0.15, 0.2) is 5.96 Å². The zero-order chi connectivity index (χ0) is 20.5. The van der Waals surface area contributed by atoms with E-state index < -0.39 is 10.0 Å². The van der Waals surface area contributed by atoms with Gasteiger partial charge in [-0.25, -0.2) is 13.1 Å². The summed E-state index contributed by atoms with van der Waals surface area (Å²) in [5, 5.41) is 7.63. The second-order valence-electron chi connectivity index (χ2n) is 6.56. The topological polar surface area (TPSA) is 87.5 Å². The summed E-state index contributed by atoms with van der Waals surface area (Å²) in [5.74, 6) is 0.654. The number of aliphatic imine (C=N–C) groups is 1. The molecule has 0 aliphatic carbocycles. The highest BCUT2D eigenvalue weighted by Crippen LogP contribution is 2.15. The van der Waals surface area contributed by atoms with Gasteiger partial charge in [0, 0.05) is 44.9 Å². The average molecular weight is 414 g/mol. The van der Waals surface area contributed by atoms with Crippen molar-refractivity contribution in [2.45, 2.75) is 17.9 Å². The lowest BCUT2D eigenvalue weighted by Crippen LogP contribution is -2.41. The number of rotatable bonds is 9. The highest BCUT2D eigenvalue weighted by molar-refractivity contribution is 7.89. The Hall–Kier alpha value is -2.84. The van der Waals surface area contributed by atoms with Crippen molar-refractivity contribution < 1.29 is 8.42 Å². The Bertz CT molecular complexity index is 1050. The van der Waals surface area contributed by atoms with Crippen LogP contribution in [0, 0.1) is 0 Å². The molecule has 3 rings (SSSR count). The number of hydrogen-bond acceptors (Lipinski definition) is 3. The van der Waals surface area contributed by atoms with Gasteiger partial charge in [0.05, 0.1) is 4.90 Å². The van der Waals surface area contributed by atoms with Crippen LogP contribution < -0.4 is 15.4 Å². The first kappa shape index (κ1) is 20.9. The molecule has 154 valence electrons. The van der Waals surface area contributed by atoms with Crippen LogP contribution in [0.1, 0.15) is 6.42 Å². The van der Waals surface area contributed by atoms with Gasteiger partial charge < -0.3 is 15.2 Å². The molecule has 1 aromatic heterocycles. The fourth-order valence-corrected chi connectivity index (χ4v) is 4.11. The Balaban J connectivity index is 1.36. The van der Waals surface area contributed by atoms with E-state index in [1.807, 2.05) is 6.07 Å². The third-order valence-corrected chi connectivity index (χ3v) is 6.01. The fourth-order valence-electron chi connectivity index (χ4n) is 3.06. The normalized spacial score (nSPS) is 12.2. The quantitative estimate of drug-likeness (QED) is 0.285. The monoisotopic (exact) mass is 413 g/mol. The minimum atomic E-state index is -3.48. The molecule has 2 aromatic carbocycles. The zero-order valence-corrected chi connectivity index (χ0v) is 17.3. The summed E-state index contributed by atoms with van der Waals surface area (Å²) in [4.78, 5) is 4.44. The maximum atomic E-state index is 12.2. The third kappa shape index (κ3) is 5.82. The molecule has 0 saturated carbocycles. The number of fused-ring (bicyclic) bond motifs is 1. The second-order valence-corrected chi connectivity index (χ2v) is 8.33. The molecule has 0 bridgehead atoms. The van der Waals surface area contributed by atoms with E-state index in [2.05, 4.69) is 55.4 Å². The SMILES string of the molecule is CN=C(NCCCn1ccc2ccccc21)NCCNS(=O)(=O)c1ccccc1. The van der Waals surface area contributed by atoms with Gasteiger partial charge in [-0.15, -0.1) is 0 Å². The smallest absolute Gasteiger partial charge is 0.240 e. The molecule has 0 fully saturated rings. The highest BCUT2D eigenvalue weighted by Gasteiger charge is 2.12. The van der Waals surface area contributed by atoms with E-state index in [4.69, 9.17) is 0 Å². The summed E-state index contributed by atoms with van der Waals surface area (Å²) in [7, 11) is -1.78. The van der Waals surface area contributed by atoms with Crippen LogP contribution in [0.5, 0.6) is 0 Å². The molecule has 0 saturated heterocycles. The van der Waals surface area contributed by atoms with E-state index in [-0.39, 0.29) is 11.4 Å². The van der Waals surface area contributed by atoms with Crippen LogP contribution in [0.3, 0.4) is 0 Å². The van der Waals surface area contributed by atoms with Crippen molar-refractivity contribution in [3.63, 3.8) is 0 Å². The number of aromatic nitrogens is 1. The van der Waals surface area contributed by atoms with Crippen LogP contribution in [0.2, 0.25) is 0 Å². The molecule has 3 N–H and O–H groups in total. The van der Waals surface area contributed by atoms with E-state index in [9.17, 15) is 8.42 Å². The molecular formula is C21H27N5O2S. The first-order chi connectivity index (χ1) is 14.1. The summed E-state index contributed by atoms with van der Waals surface area (Å²) < 4.78 is 29.2. The fraction of sp³-hybridized carbons (Fsp3) is 0.286. The molecule has 0 aliphatic rings. The average Bonchev–Trinajstić information content (AvgIpc) is 3.16. The summed E-state index contributed by atoms with van der Waals surface area (Å²) >= 11 is 0. The Morgan fingerprint density at radius 3 is 2.45 bits per heavy atom. The number of hydrogen-bond donors (Lipinski definition) is 3. The minimum absolute atomic E-state index is 0.264.